The van der Waals surface area contributed by atoms with E-state index < -0.39 is 33.6 Å². The summed E-state index contributed by atoms with van der Waals surface area (Å²) in [5.41, 5.74) is 5.30. The number of rotatable bonds is 5. The molecule has 0 unspecified atom stereocenters. The summed E-state index contributed by atoms with van der Waals surface area (Å²) in [6, 6.07) is 5.74. The van der Waals surface area contributed by atoms with Gasteiger partial charge in [-0.15, -0.1) is 0 Å². The van der Waals surface area contributed by atoms with Gasteiger partial charge in [-0.25, -0.2) is 9.59 Å². The van der Waals surface area contributed by atoms with Crippen LogP contribution < -0.4 is 15.8 Å². The quantitative estimate of drug-likeness (QED) is 0.592. The van der Waals surface area contributed by atoms with Crippen molar-refractivity contribution in [3.05, 3.63) is 30.3 Å². The zero-order valence-electron chi connectivity index (χ0n) is 11.5. The lowest BCUT2D eigenvalue weighted by Crippen LogP contribution is -2.19. The number of carboxylic acids is 1. The maximum atomic E-state index is 11.3. The van der Waals surface area contributed by atoms with E-state index in [2.05, 4.69) is 5.32 Å². The molecule has 23 heavy (non-hydrogen) atoms. The van der Waals surface area contributed by atoms with Gasteiger partial charge in [-0.2, -0.15) is 8.42 Å². The largest absolute Gasteiger partial charge is 0.481 e. The number of nitrogens with one attached hydrogen (secondary N) is 1. The molecule has 0 bridgehead atoms. The summed E-state index contributed by atoms with van der Waals surface area (Å²) in [6.07, 6.45) is 0. The van der Waals surface area contributed by atoms with Crippen molar-refractivity contribution in [2.24, 2.45) is 5.73 Å². The van der Waals surface area contributed by atoms with E-state index in [0.717, 1.165) is 12.1 Å². The van der Waals surface area contributed by atoms with Crippen molar-refractivity contribution in [3.63, 3.8) is 0 Å². The molecule has 0 aliphatic heterocycles. The SMILES string of the molecule is NC(=O)Nc1ccc2c(OCC(=O)O)cc(S(=O)(=O)O)cc2c1. The molecule has 0 aliphatic carbocycles. The Balaban J connectivity index is 2.62. The van der Waals surface area contributed by atoms with E-state index in [9.17, 15) is 22.6 Å². The average molecular weight is 340 g/mol. The lowest BCUT2D eigenvalue weighted by Gasteiger charge is -2.11. The van der Waals surface area contributed by atoms with Crippen LogP contribution in [0.25, 0.3) is 10.8 Å². The zero-order chi connectivity index (χ0) is 17.2. The second kappa shape index (κ2) is 6.10. The van der Waals surface area contributed by atoms with E-state index in [1.165, 1.54) is 18.2 Å². The van der Waals surface area contributed by atoms with Crippen molar-refractivity contribution in [1.82, 2.24) is 0 Å². The van der Waals surface area contributed by atoms with E-state index in [1.807, 2.05) is 0 Å². The third-order valence-electron chi connectivity index (χ3n) is 2.80. The smallest absolute Gasteiger partial charge is 0.341 e. The Bertz CT molecular complexity index is 893. The molecule has 0 aliphatic rings. The van der Waals surface area contributed by atoms with Crippen LogP contribution >= 0.6 is 0 Å². The Morgan fingerprint density at radius 3 is 2.48 bits per heavy atom. The van der Waals surface area contributed by atoms with Crippen molar-refractivity contribution in [3.8, 4) is 5.75 Å². The zero-order valence-corrected chi connectivity index (χ0v) is 12.3. The lowest BCUT2D eigenvalue weighted by molar-refractivity contribution is -0.139. The molecule has 2 aromatic rings. The fourth-order valence-electron chi connectivity index (χ4n) is 1.94. The van der Waals surface area contributed by atoms with Crippen molar-refractivity contribution in [1.29, 1.82) is 0 Å². The highest BCUT2D eigenvalue weighted by molar-refractivity contribution is 7.85. The Kier molecular flexibility index (Phi) is 4.38. The summed E-state index contributed by atoms with van der Waals surface area (Å²) in [4.78, 5) is 21.0. The second-order valence-electron chi connectivity index (χ2n) is 4.50. The third-order valence-corrected chi connectivity index (χ3v) is 3.64. The standard InChI is InChI=1S/C13H12N2O7S/c14-13(18)15-8-1-2-10-7(3-8)4-9(23(19,20)21)5-11(10)22-6-12(16)17/h1-5H,6H2,(H,16,17)(H3,14,15,18)(H,19,20,21). The van der Waals surface area contributed by atoms with Gasteiger partial charge in [0.25, 0.3) is 10.1 Å². The van der Waals surface area contributed by atoms with Gasteiger partial charge in [0.15, 0.2) is 6.61 Å². The Morgan fingerprint density at radius 2 is 1.91 bits per heavy atom. The van der Waals surface area contributed by atoms with Gasteiger partial charge in [-0.1, -0.05) is 0 Å². The Labute approximate surface area is 130 Å². The summed E-state index contributed by atoms with van der Waals surface area (Å²) in [6.45, 7) is -0.689. The Hall–Kier alpha value is -2.85. The van der Waals surface area contributed by atoms with Crippen LogP contribution in [0, 0.1) is 0 Å². The molecule has 0 atom stereocenters. The molecule has 5 N–H and O–H groups in total. The molecule has 0 saturated heterocycles. The van der Waals surface area contributed by atoms with Gasteiger partial charge < -0.3 is 20.9 Å². The molecule has 2 aromatic carbocycles. The topological polar surface area (TPSA) is 156 Å². The second-order valence-corrected chi connectivity index (χ2v) is 5.93. The first-order valence-electron chi connectivity index (χ1n) is 6.13. The first kappa shape index (κ1) is 16.5. The molecular weight excluding hydrogens is 328 g/mol. The minimum Gasteiger partial charge on any atom is -0.481 e. The maximum absolute atomic E-state index is 11.3. The van der Waals surface area contributed by atoms with Gasteiger partial charge in [0.05, 0.1) is 4.90 Å². The van der Waals surface area contributed by atoms with Crippen LogP contribution in [0.15, 0.2) is 35.2 Å². The summed E-state index contributed by atoms with van der Waals surface area (Å²) < 4.78 is 36.9. The fourth-order valence-corrected chi connectivity index (χ4v) is 2.47. The molecule has 0 radical (unpaired) electrons. The third kappa shape index (κ3) is 4.08. The number of aliphatic carboxylic acids is 1. The van der Waals surface area contributed by atoms with Crippen molar-refractivity contribution in [2.45, 2.75) is 4.90 Å². The number of carbonyl (C=O) groups excluding carboxylic acids is 1. The summed E-state index contributed by atoms with van der Waals surface area (Å²) in [5, 5.41) is 11.7. The first-order chi connectivity index (χ1) is 10.7. The predicted molar refractivity (Wildman–Crippen MR) is 80.1 cm³/mol. The molecule has 0 saturated carbocycles. The normalized spacial score (nSPS) is 11.2. The molecule has 0 spiro atoms. The summed E-state index contributed by atoms with van der Waals surface area (Å²) in [7, 11) is -4.53. The number of primary amides is 1. The van der Waals surface area contributed by atoms with E-state index in [0.29, 0.717) is 16.5 Å². The number of carboxylic acid groups (broad SMARTS) is 1. The highest BCUT2D eigenvalue weighted by Gasteiger charge is 2.15. The molecule has 122 valence electrons. The Morgan fingerprint density at radius 1 is 1.22 bits per heavy atom. The molecule has 2 amide bonds. The monoisotopic (exact) mass is 340 g/mol. The van der Waals surface area contributed by atoms with Gasteiger partial charge in [0, 0.05) is 17.1 Å². The predicted octanol–water partition coefficient (Wildman–Crippen LogP) is 1.04. The van der Waals surface area contributed by atoms with Crippen LogP contribution in [-0.4, -0.2) is 36.7 Å². The molecule has 0 heterocycles. The van der Waals surface area contributed by atoms with Crippen LogP contribution in [-0.2, 0) is 14.9 Å². The number of hydrogen-bond donors (Lipinski definition) is 4. The average Bonchev–Trinajstić information content (AvgIpc) is 2.42. The maximum Gasteiger partial charge on any atom is 0.341 e. The molecule has 2 rings (SSSR count). The van der Waals surface area contributed by atoms with Crippen molar-refractivity contribution in [2.75, 3.05) is 11.9 Å². The number of urea groups is 1. The van der Waals surface area contributed by atoms with Crippen molar-refractivity contribution >= 4 is 38.6 Å². The minimum absolute atomic E-state index is 0.0387. The molecular formula is C13H12N2O7S. The minimum atomic E-state index is -4.53. The van der Waals surface area contributed by atoms with E-state index in [4.69, 9.17) is 15.6 Å². The van der Waals surface area contributed by atoms with Gasteiger partial charge in [-0.05, 0) is 29.7 Å². The number of hydrogen-bond acceptors (Lipinski definition) is 5. The van der Waals surface area contributed by atoms with Crippen LogP contribution in [0.3, 0.4) is 0 Å². The van der Waals surface area contributed by atoms with Crippen LogP contribution in [0.4, 0.5) is 10.5 Å². The van der Waals surface area contributed by atoms with E-state index >= 15 is 0 Å². The fraction of sp³-hybridized carbons (Fsp3) is 0.0769. The van der Waals surface area contributed by atoms with E-state index in [1.54, 1.807) is 0 Å². The number of ether oxygens (including phenoxy) is 1. The molecule has 0 fully saturated rings. The molecule has 9 nitrogen and oxygen atoms in total. The number of benzene rings is 2. The number of amides is 2. The van der Waals surface area contributed by atoms with Gasteiger partial charge >= 0.3 is 12.0 Å². The lowest BCUT2D eigenvalue weighted by atomic mass is 10.1. The van der Waals surface area contributed by atoms with Gasteiger partial charge in [0.2, 0.25) is 0 Å². The molecule has 10 heteroatoms. The van der Waals surface area contributed by atoms with Gasteiger partial charge in [-0.3, -0.25) is 4.55 Å². The summed E-state index contributed by atoms with van der Waals surface area (Å²) in [5.74, 6) is -1.29. The van der Waals surface area contributed by atoms with Crippen LogP contribution in [0.5, 0.6) is 5.75 Å². The number of anilines is 1. The highest BCUT2D eigenvalue weighted by Crippen LogP contribution is 2.31. The van der Waals surface area contributed by atoms with Crippen molar-refractivity contribution < 1.29 is 32.4 Å². The first-order valence-corrected chi connectivity index (χ1v) is 7.57. The molecule has 0 aromatic heterocycles. The van der Waals surface area contributed by atoms with Crippen LogP contribution in [0.2, 0.25) is 0 Å². The van der Waals surface area contributed by atoms with Gasteiger partial charge in [0.1, 0.15) is 5.75 Å². The summed E-state index contributed by atoms with van der Waals surface area (Å²) >= 11 is 0. The van der Waals surface area contributed by atoms with E-state index in [-0.39, 0.29) is 5.75 Å². The number of carbonyl (C=O) groups is 2. The number of nitrogens with two attached hydrogens (primary N) is 1. The number of fused-ring (bicyclic) bond motifs is 1. The highest BCUT2D eigenvalue weighted by atomic mass is 32.2. The van der Waals surface area contributed by atoms with Crippen LogP contribution in [0.1, 0.15) is 0 Å².